The number of benzene rings is 2. The summed E-state index contributed by atoms with van der Waals surface area (Å²) in [7, 11) is 1.96. The molecular weight excluding hydrogens is 282 g/mol. The van der Waals surface area contributed by atoms with Crippen LogP contribution in [0.25, 0.3) is 22.3 Å². The SMILES string of the molecule is CC(C)c1ccc(-c2cn(C)cc(-c3ccccc3)c2=O)cc1. The van der Waals surface area contributed by atoms with Gasteiger partial charge in [0.25, 0.3) is 0 Å². The molecule has 3 rings (SSSR count). The van der Waals surface area contributed by atoms with Crippen LogP contribution in [0.2, 0.25) is 0 Å². The quantitative estimate of drug-likeness (QED) is 0.678. The van der Waals surface area contributed by atoms with Gasteiger partial charge in [0.1, 0.15) is 0 Å². The van der Waals surface area contributed by atoms with E-state index in [2.05, 4.69) is 26.0 Å². The molecule has 0 bridgehead atoms. The second-order valence-corrected chi connectivity index (χ2v) is 6.22. The standard InChI is InChI=1S/C21H21NO/c1-15(2)16-9-11-18(12-10-16)20-14-22(3)13-19(21(20)23)17-7-5-4-6-8-17/h4-15H,1-3H3. The molecule has 0 atom stereocenters. The summed E-state index contributed by atoms with van der Waals surface area (Å²) >= 11 is 0. The molecule has 0 N–H and O–H groups in total. The number of nitrogens with zero attached hydrogens (tertiary/aromatic N) is 1. The van der Waals surface area contributed by atoms with E-state index in [1.807, 2.05) is 66.5 Å². The fourth-order valence-electron chi connectivity index (χ4n) is 2.78. The van der Waals surface area contributed by atoms with E-state index in [1.54, 1.807) is 0 Å². The van der Waals surface area contributed by atoms with Crippen molar-refractivity contribution in [2.45, 2.75) is 19.8 Å². The molecule has 0 amide bonds. The molecular formula is C21H21NO. The van der Waals surface area contributed by atoms with E-state index < -0.39 is 0 Å². The second kappa shape index (κ2) is 6.25. The summed E-state index contributed by atoms with van der Waals surface area (Å²) in [6.07, 6.45) is 3.79. The average molecular weight is 303 g/mol. The zero-order valence-electron chi connectivity index (χ0n) is 13.8. The van der Waals surface area contributed by atoms with Crippen molar-refractivity contribution in [1.29, 1.82) is 0 Å². The van der Waals surface area contributed by atoms with E-state index in [1.165, 1.54) is 5.56 Å². The third-order valence-corrected chi connectivity index (χ3v) is 4.13. The van der Waals surface area contributed by atoms with E-state index in [4.69, 9.17) is 0 Å². The van der Waals surface area contributed by atoms with Gasteiger partial charge < -0.3 is 4.57 Å². The van der Waals surface area contributed by atoms with E-state index in [0.717, 1.165) is 22.3 Å². The number of aryl methyl sites for hydroxylation is 1. The molecule has 2 nitrogen and oxygen atoms in total. The summed E-state index contributed by atoms with van der Waals surface area (Å²) < 4.78 is 1.95. The largest absolute Gasteiger partial charge is 0.356 e. The lowest BCUT2D eigenvalue weighted by Crippen LogP contribution is -2.11. The molecule has 1 aromatic heterocycles. The summed E-state index contributed by atoms with van der Waals surface area (Å²) in [5, 5.41) is 0. The Kier molecular flexibility index (Phi) is 4.16. The van der Waals surface area contributed by atoms with Gasteiger partial charge in [0.05, 0.1) is 0 Å². The zero-order valence-corrected chi connectivity index (χ0v) is 13.8. The van der Waals surface area contributed by atoms with Crippen molar-refractivity contribution in [2.75, 3.05) is 0 Å². The highest BCUT2D eigenvalue weighted by Crippen LogP contribution is 2.23. The minimum absolute atomic E-state index is 0.0756. The van der Waals surface area contributed by atoms with E-state index in [0.29, 0.717) is 5.92 Å². The van der Waals surface area contributed by atoms with Gasteiger partial charge in [-0.25, -0.2) is 0 Å². The highest BCUT2D eigenvalue weighted by Gasteiger charge is 2.11. The van der Waals surface area contributed by atoms with Gasteiger partial charge in [-0.3, -0.25) is 4.79 Å². The van der Waals surface area contributed by atoms with Crippen LogP contribution in [-0.4, -0.2) is 4.57 Å². The number of pyridine rings is 1. The molecule has 0 unspecified atom stereocenters. The Morgan fingerprint density at radius 3 is 1.83 bits per heavy atom. The van der Waals surface area contributed by atoms with Crippen LogP contribution in [0.5, 0.6) is 0 Å². The normalized spacial score (nSPS) is 11.0. The van der Waals surface area contributed by atoms with Crippen molar-refractivity contribution in [1.82, 2.24) is 4.57 Å². The van der Waals surface area contributed by atoms with Crippen molar-refractivity contribution in [3.63, 3.8) is 0 Å². The predicted molar refractivity (Wildman–Crippen MR) is 96.6 cm³/mol. The molecule has 23 heavy (non-hydrogen) atoms. The maximum atomic E-state index is 12.9. The van der Waals surface area contributed by atoms with Gasteiger partial charge >= 0.3 is 0 Å². The van der Waals surface area contributed by atoms with E-state index >= 15 is 0 Å². The lowest BCUT2D eigenvalue weighted by molar-refractivity contribution is 0.867. The lowest BCUT2D eigenvalue weighted by atomic mass is 9.97. The van der Waals surface area contributed by atoms with Crippen LogP contribution in [0.15, 0.2) is 71.8 Å². The van der Waals surface area contributed by atoms with Crippen LogP contribution in [0.1, 0.15) is 25.3 Å². The Morgan fingerprint density at radius 2 is 1.30 bits per heavy atom. The monoisotopic (exact) mass is 303 g/mol. The predicted octanol–water partition coefficient (Wildman–Crippen LogP) is 4.84. The van der Waals surface area contributed by atoms with Gasteiger partial charge in [-0.2, -0.15) is 0 Å². The lowest BCUT2D eigenvalue weighted by Gasteiger charge is -2.10. The summed E-state index contributed by atoms with van der Waals surface area (Å²) in [6, 6.07) is 18.1. The molecule has 0 aliphatic heterocycles. The first-order valence-corrected chi connectivity index (χ1v) is 7.92. The highest BCUT2D eigenvalue weighted by atomic mass is 16.1. The Balaban J connectivity index is 2.14. The van der Waals surface area contributed by atoms with Crippen LogP contribution < -0.4 is 5.43 Å². The minimum atomic E-state index is 0.0756. The zero-order chi connectivity index (χ0) is 16.4. The second-order valence-electron chi connectivity index (χ2n) is 6.22. The first-order chi connectivity index (χ1) is 11.1. The Labute approximate surface area is 137 Å². The van der Waals surface area contributed by atoms with Gasteiger partial charge in [0.15, 0.2) is 5.43 Å². The number of hydrogen-bond donors (Lipinski definition) is 0. The van der Waals surface area contributed by atoms with Crippen LogP contribution >= 0.6 is 0 Å². The van der Waals surface area contributed by atoms with Crippen molar-refractivity contribution in [3.05, 3.63) is 82.8 Å². The molecule has 0 saturated carbocycles. The molecule has 0 spiro atoms. The Hall–Kier alpha value is -2.61. The molecule has 3 aromatic rings. The van der Waals surface area contributed by atoms with Gasteiger partial charge in [-0.1, -0.05) is 68.4 Å². The molecule has 1 heterocycles. The fourth-order valence-corrected chi connectivity index (χ4v) is 2.78. The number of aromatic nitrogens is 1. The van der Waals surface area contributed by atoms with Crippen molar-refractivity contribution < 1.29 is 0 Å². The molecule has 0 fully saturated rings. The molecule has 2 aromatic carbocycles. The van der Waals surface area contributed by atoms with Crippen molar-refractivity contribution in [3.8, 4) is 22.3 Å². The maximum Gasteiger partial charge on any atom is 0.197 e. The molecule has 0 radical (unpaired) electrons. The van der Waals surface area contributed by atoms with Crippen LogP contribution in [0.4, 0.5) is 0 Å². The average Bonchev–Trinajstić information content (AvgIpc) is 2.57. The molecule has 0 aliphatic rings. The van der Waals surface area contributed by atoms with Crippen LogP contribution in [0, 0.1) is 0 Å². The van der Waals surface area contributed by atoms with Gasteiger partial charge in [-0.15, -0.1) is 0 Å². The highest BCUT2D eigenvalue weighted by molar-refractivity contribution is 5.71. The smallest absolute Gasteiger partial charge is 0.197 e. The van der Waals surface area contributed by atoms with Crippen LogP contribution in [-0.2, 0) is 7.05 Å². The van der Waals surface area contributed by atoms with Crippen LogP contribution in [0.3, 0.4) is 0 Å². The van der Waals surface area contributed by atoms with E-state index in [-0.39, 0.29) is 5.43 Å². The topological polar surface area (TPSA) is 22.0 Å². The Bertz CT molecular complexity index is 859. The molecule has 116 valence electrons. The van der Waals surface area contributed by atoms with Crippen molar-refractivity contribution >= 4 is 0 Å². The summed E-state index contributed by atoms with van der Waals surface area (Å²) in [4.78, 5) is 12.9. The Morgan fingerprint density at radius 1 is 0.783 bits per heavy atom. The maximum absolute atomic E-state index is 12.9. The summed E-state index contributed by atoms with van der Waals surface area (Å²) in [6.45, 7) is 4.34. The summed E-state index contributed by atoms with van der Waals surface area (Å²) in [5.74, 6) is 0.488. The first-order valence-electron chi connectivity index (χ1n) is 7.92. The van der Waals surface area contributed by atoms with Gasteiger partial charge in [0, 0.05) is 30.6 Å². The first kappa shape index (κ1) is 15.3. The fraction of sp³-hybridized carbons (Fsp3) is 0.190. The van der Waals surface area contributed by atoms with E-state index in [9.17, 15) is 4.79 Å². The molecule has 2 heteroatoms. The summed E-state index contributed by atoms with van der Waals surface area (Å²) in [5.41, 5.74) is 4.75. The number of hydrogen-bond acceptors (Lipinski definition) is 1. The third-order valence-electron chi connectivity index (χ3n) is 4.13. The third kappa shape index (κ3) is 3.11. The number of rotatable bonds is 3. The molecule has 0 saturated heterocycles. The van der Waals surface area contributed by atoms with Gasteiger partial charge in [0.2, 0.25) is 0 Å². The van der Waals surface area contributed by atoms with Gasteiger partial charge in [-0.05, 0) is 22.6 Å². The molecule has 0 aliphatic carbocycles. The minimum Gasteiger partial charge on any atom is -0.356 e. The van der Waals surface area contributed by atoms with Crippen molar-refractivity contribution in [2.24, 2.45) is 7.05 Å².